The Labute approximate surface area is 83.7 Å². The van der Waals surface area contributed by atoms with E-state index in [4.69, 9.17) is 22.4 Å². The highest BCUT2D eigenvalue weighted by Gasteiger charge is 2.01. The van der Waals surface area contributed by atoms with Gasteiger partial charge in [0, 0.05) is 13.1 Å². The van der Waals surface area contributed by atoms with E-state index in [2.05, 4.69) is 17.2 Å². The number of thiocarbonyl (C=S) groups is 1. The van der Waals surface area contributed by atoms with Crippen molar-refractivity contribution in [2.24, 2.45) is 0 Å². The topological polar surface area (TPSA) is 64.5 Å². The van der Waals surface area contributed by atoms with Gasteiger partial charge in [-0.25, -0.2) is 0 Å². The molecule has 0 aliphatic heterocycles. The number of hydrogen-bond donors (Lipinski definition) is 4. The third kappa shape index (κ3) is 7.70. The lowest BCUT2D eigenvalue weighted by Crippen LogP contribution is -2.40. The predicted octanol–water partition coefficient (Wildman–Crippen LogP) is -0.620. The fourth-order valence-corrected chi connectivity index (χ4v) is 0.724. The minimum atomic E-state index is -0.774. The highest BCUT2D eigenvalue weighted by molar-refractivity contribution is 7.80. The third-order valence-corrected chi connectivity index (χ3v) is 1.55. The minimum absolute atomic E-state index is 0.249. The molecule has 0 amide bonds. The smallest absolute Gasteiger partial charge is 0.166 e. The standard InChI is InChI=1S/C8H16N2O2S/c1-6(2)3-9-8(13)10-4-7(12)5-11/h7,11-12H,1,3-5H2,2H3,(H2,9,10,13). The molecule has 13 heavy (non-hydrogen) atoms. The molecule has 0 aliphatic carbocycles. The van der Waals surface area contributed by atoms with Crippen LogP contribution in [-0.4, -0.2) is 41.1 Å². The Hall–Kier alpha value is -0.650. The summed E-state index contributed by atoms with van der Waals surface area (Å²) in [5.41, 5.74) is 0.979. The molecule has 0 rings (SSSR count). The average molecular weight is 204 g/mol. The van der Waals surface area contributed by atoms with Crippen molar-refractivity contribution in [3.8, 4) is 0 Å². The van der Waals surface area contributed by atoms with Gasteiger partial charge in [-0.15, -0.1) is 0 Å². The fourth-order valence-electron chi connectivity index (χ4n) is 0.569. The van der Waals surface area contributed by atoms with E-state index in [1.54, 1.807) is 0 Å². The Morgan fingerprint density at radius 3 is 2.62 bits per heavy atom. The van der Waals surface area contributed by atoms with Gasteiger partial charge in [-0.05, 0) is 19.1 Å². The van der Waals surface area contributed by atoms with Crippen molar-refractivity contribution in [3.63, 3.8) is 0 Å². The highest BCUT2D eigenvalue weighted by Crippen LogP contribution is 1.82. The van der Waals surface area contributed by atoms with Crippen molar-refractivity contribution in [3.05, 3.63) is 12.2 Å². The summed E-state index contributed by atoms with van der Waals surface area (Å²) in [6, 6.07) is 0. The van der Waals surface area contributed by atoms with Crippen LogP contribution in [0.4, 0.5) is 0 Å². The SMILES string of the molecule is C=C(C)CNC(=S)NCC(O)CO. The molecule has 4 nitrogen and oxygen atoms in total. The molecule has 0 aliphatic rings. The lowest BCUT2D eigenvalue weighted by molar-refractivity contribution is 0.0982. The number of hydrogen-bond acceptors (Lipinski definition) is 3. The van der Waals surface area contributed by atoms with Crippen molar-refractivity contribution in [1.82, 2.24) is 10.6 Å². The van der Waals surface area contributed by atoms with E-state index < -0.39 is 6.10 Å². The maximum absolute atomic E-state index is 8.97. The van der Waals surface area contributed by atoms with Crippen molar-refractivity contribution >= 4 is 17.3 Å². The van der Waals surface area contributed by atoms with E-state index in [-0.39, 0.29) is 13.2 Å². The predicted molar refractivity (Wildman–Crippen MR) is 56.5 cm³/mol. The normalized spacial score (nSPS) is 11.9. The van der Waals surface area contributed by atoms with E-state index in [9.17, 15) is 0 Å². The van der Waals surface area contributed by atoms with Crippen LogP contribution in [0.2, 0.25) is 0 Å². The zero-order valence-electron chi connectivity index (χ0n) is 7.71. The molecule has 76 valence electrons. The molecule has 0 saturated carbocycles. The first-order valence-corrected chi connectivity index (χ1v) is 4.42. The molecule has 4 N–H and O–H groups in total. The molecule has 5 heteroatoms. The first-order chi connectivity index (χ1) is 6.06. The second-order valence-corrected chi connectivity index (χ2v) is 3.27. The molecule has 0 radical (unpaired) electrons. The lowest BCUT2D eigenvalue weighted by atomic mass is 10.3. The van der Waals surface area contributed by atoms with Crippen LogP contribution in [-0.2, 0) is 0 Å². The zero-order valence-corrected chi connectivity index (χ0v) is 8.52. The van der Waals surface area contributed by atoms with Crippen molar-refractivity contribution in [1.29, 1.82) is 0 Å². The number of rotatable bonds is 5. The summed E-state index contributed by atoms with van der Waals surface area (Å²) in [5, 5.41) is 23.6. The number of aliphatic hydroxyl groups is 2. The molecule has 0 aromatic heterocycles. The summed E-state index contributed by atoms with van der Waals surface area (Å²) in [4.78, 5) is 0. The zero-order chi connectivity index (χ0) is 10.3. The van der Waals surface area contributed by atoms with E-state index in [0.29, 0.717) is 11.7 Å². The van der Waals surface area contributed by atoms with Gasteiger partial charge in [-0.2, -0.15) is 0 Å². The average Bonchev–Trinajstić information content (AvgIpc) is 2.10. The van der Waals surface area contributed by atoms with Crippen molar-refractivity contribution in [2.45, 2.75) is 13.0 Å². The third-order valence-electron chi connectivity index (χ3n) is 1.26. The van der Waals surface area contributed by atoms with Gasteiger partial charge in [-0.3, -0.25) is 0 Å². The highest BCUT2D eigenvalue weighted by atomic mass is 32.1. The Balaban J connectivity index is 3.46. The van der Waals surface area contributed by atoms with Gasteiger partial charge in [0.1, 0.15) is 0 Å². The molecule has 1 unspecified atom stereocenters. The van der Waals surface area contributed by atoms with Gasteiger partial charge < -0.3 is 20.8 Å². The summed E-state index contributed by atoms with van der Waals surface area (Å²) in [6.45, 7) is 6.18. The van der Waals surface area contributed by atoms with Gasteiger partial charge >= 0.3 is 0 Å². The largest absolute Gasteiger partial charge is 0.394 e. The van der Waals surface area contributed by atoms with Crippen LogP contribution in [0.25, 0.3) is 0 Å². The Bertz CT molecular complexity index is 185. The summed E-state index contributed by atoms with van der Waals surface area (Å²) in [7, 11) is 0. The number of aliphatic hydroxyl groups excluding tert-OH is 2. The summed E-state index contributed by atoms with van der Waals surface area (Å²) in [6.07, 6.45) is -0.774. The Morgan fingerprint density at radius 1 is 1.54 bits per heavy atom. The van der Waals surface area contributed by atoms with E-state index in [0.717, 1.165) is 5.57 Å². The summed E-state index contributed by atoms with van der Waals surface area (Å²) >= 11 is 4.88. The van der Waals surface area contributed by atoms with Gasteiger partial charge in [0.15, 0.2) is 5.11 Å². The first kappa shape index (κ1) is 12.3. The maximum Gasteiger partial charge on any atom is 0.166 e. The quantitative estimate of drug-likeness (QED) is 0.355. The second kappa shape index (κ2) is 6.82. The number of nitrogens with one attached hydrogen (secondary N) is 2. The molecule has 0 bridgehead atoms. The Morgan fingerprint density at radius 2 is 2.15 bits per heavy atom. The van der Waals surface area contributed by atoms with E-state index in [1.165, 1.54) is 0 Å². The van der Waals surface area contributed by atoms with Gasteiger partial charge in [0.25, 0.3) is 0 Å². The lowest BCUT2D eigenvalue weighted by Gasteiger charge is -2.12. The summed E-state index contributed by atoms with van der Waals surface area (Å²) < 4.78 is 0. The van der Waals surface area contributed by atoms with Crippen molar-refractivity contribution in [2.75, 3.05) is 19.7 Å². The van der Waals surface area contributed by atoms with Crippen LogP contribution in [0, 0.1) is 0 Å². The monoisotopic (exact) mass is 204 g/mol. The second-order valence-electron chi connectivity index (χ2n) is 2.86. The van der Waals surface area contributed by atoms with Crippen LogP contribution in [0.5, 0.6) is 0 Å². The van der Waals surface area contributed by atoms with Gasteiger partial charge in [0.05, 0.1) is 12.7 Å². The molecule has 0 heterocycles. The fraction of sp³-hybridized carbons (Fsp3) is 0.625. The molecule has 0 aromatic carbocycles. The molecule has 0 spiro atoms. The molecule has 0 aromatic rings. The maximum atomic E-state index is 8.97. The molecular weight excluding hydrogens is 188 g/mol. The molecule has 1 atom stereocenters. The van der Waals surface area contributed by atoms with E-state index in [1.807, 2.05) is 6.92 Å². The van der Waals surface area contributed by atoms with Crippen LogP contribution < -0.4 is 10.6 Å². The van der Waals surface area contributed by atoms with Crippen LogP contribution in [0.1, 0.15) is 6.92 Å². The molecule has 0 saturated heterocycles. The Kier molecular flexibility index (Phi) is 6.48. The molecule has 0 fully saturated rings. The van der Waals surface area contributed by atoms with Gasteiger partial charge in [0.2, 0.25) is 0 Å². The first-order valence-electron chi connectivity index (χ1n) is 4.01. The molecular formula is C8H16N2O2S. The minimum Gasteiger partial charge on any atom is -0.394 e. The van der Waals surface area contributed by atoms with Crippen molar-refractivity contribution < 1.29 is 10.2 Å². The van der Waals surface area contributed by atoms with E-state index >= 15 is 0 Å². The van der Waals surface area contributed by atoms with Crippen LogP contribution >= 0.6 is 12.2 Å². The van der Waals surface area contributed by atoms with Crippen LogP contribution in [0.15, 0.2) is 12.2 Å². The van der Waals surface area contributed by atoms with Gasteiger partial charge in [-0.1, -0.05) is 12.2 Å². The summed E-state index contributed by atoms with van der Waals surface area (Å²) in [5.74, 6) is 0. The van der Waals surface area contributed by atoms with Crippen LogP contribution in [0.3, 0.4) is 0 Å².